The zero-order chi connectivity index (χ0) is 21.1. The summed E-state index contributed by atoms with van der Waals surface area (Å²) in [5.41, 5.74) is 2.45. The summed E-state index contributed by atoms with van der Waals surface area (Å²) in [5, 5.41) is 12.3. The van der Waals surface area contributed by atoms with E-state index in [9.17, 15) is 14.9 Å². The average molecular weight is 411 g/mol. The van der Waals surface area contributed by atoms with Crippen molar-refractivity contribution in [1.29, 1.82) is 5.26 Å². The van der Waals surface area contributed by atoms with E-state index in [-0.39, 0.29) is 0 Å². The van der Waals surface area contributed by atoms with Crippen molar-refractivity contribution in [2.45, 2.75) is 34.2 Å². The van der Waals surface area contributed by atoms with Gasteiger partial charge < -0.3 is 19.0 Å². The standard InChI is InChI=1S/C21H21N3O4S/c1-12-8-17(15(4)29-12)21(26)28-11-19(25)23-20-18(9-22)13(2)14(3)24(20)10-16-6-5-7-27-16/h5-8H,10-11H2,1-4H3,(H,23,25). The van der Waals surface area contributed by atoms with E-state index in [2.05, 4.69) is 11.4 Å². The number of hydrogen-bond donors (Lipinski definition) is 1. The number of nitrogens with one attached hydrogen (secondary N) is 1. The molecule has 1 N–H and O–H groups in total. The number of carbonyl (C=O) groups excluding carboxylic acids is 2. The van der Waals surface area contributed by atoms with Crippen LogP contribution in [0.2, 0.25) is 0 Å². The number of furan rings is 1. The number of ether oxygens (including phenoxy) is 1. The van der Waals surface area contributed by atoms with Gasteiger partial charge in [0.15, 0.2) is 6.61 Å². The van der Waals surface area contributed by atoms with Crippen LogP contribution in [0.1, 0.15) is 42.7 Å². The molecular weight excluding hydrogens is 390 g/mol. The van der Waals surface area contributed by atoms with Gasteiger partial charge in [-0.2, -0.15) is 5.26 Å². The second kappa shape index (κ2) is 8.37. The fourth-order valence-corrected chi connectivity index (χ4v) is 4.01. The average Bonchev–Trinajstić information content (AvgIpc) is 3.36. The molecule has 0 aliphatic heterocycles. The van der Waals surface area contributed by atoms with Crippen molar-refractivity contribution in [2.75, 3.05) is 11.9 Å². The van der Waals surface area contributed by atoms with Crippen LogP contribution in [0.15, 0.2) is 28.9 Å². The summed E-state index contributed by atoms with van der Waals surface area (Å²) >= 11 is 1.50. The zero-order valence-electron chi connectivity index (χ0n) is 16.7. The Kier molecular flexibility index (Phi) is 5.89. The van der Waals surface area contributed by atoms with Gasteiger partial charge in [-0.25, -0.2) is 4.79 Å². The Bertz CT molecular complexity index is 1100. The molecule has 0 aromatic carbocycles. The predicted molar refractivity (Wildman–Crippen MR) is 109 cm³/mol. The summed E-state index contributed by atoms with van der Waals surface area (Å²) in [6.45, 7) is 7.36. The minimum Gasteiger partial charge on any atom is -0.467 e. The van der Waals surface area contributed by atoms with E-state index in [1.807, 2.05) is 33.8 Å². The lowest BCUT2D eigenvalue weighted by atomic mass is 10.2. The number of aryl methyl sites for hydroxylation is 2. The highest BCUT2D eigenvalue weighted by atomic mass is 32.1. The number of nitrogens with zero attached hydrogens (tertiary/aromatic N) is 2. The smallest absolute Gasteiger partial charge is 0.339 e. The molecule has 0 aliphatic carbocycles. The Labute approximate surface area is 172 Å². The van der Waals surface area contributed by atoms with Crippen molar-refractivity contribution in [3.63, 3.8) is 0 Å². The van der Waals surface area contributed by atoms with Gasteiger partial charge in [0.2, 0.25) is 0 Å². The monoisotopic (exact) mass is 411 g/mol. The number of hydrogen-bond acceptors (Lipinski definition) is 6. The van der Waals surface area contributed by atoms with Gasteiger partial charge >= 0.3 is 5.97 Å². The van der Waals surface area contributed by atoms with Crippen LogP contribution >= 0.6 is 11.3 Å². The number of rotatable bonds is 6. The number of thiophene rings is 1. The molecule has 0 unspecified atom stereocenters. The minimum absolute atomic E-state index is 0.363. The van der Waals surface area contributed by atoms with E-state index >= 15 is 0 Å². The van der Waals surface area contributed by atoms with E-state index in [1.165, 1.54) is 11.3 Å². The first-order valence-corrected chi connectivity index (χ1v) is 9.79. The SMILES string of the molecule is Cc1cc(C(=O)OCC(=O)Nc2c(C#N)c(C)c(C)n2Cc2ccco2)c(C)s1. The first-order chi connectivity index (χ1) is 13.8. The third kappa shape index (κ3) is 4.25. The lowest BCUT2D eigenvalue weighted by Gasteiger charge is -2.12. The van der Waals surface area contributed by atoms with Crippen LogP contribution in [0.25, 0.3) is 0 Å². The van der Waals surface area contributed by atoms with Crippen molar-refractivity contribution in [3.8, 4) is 6.07 Å². The van der Waals surface area contributed by atoms with Crippen molar-refractivity contribution in [3.05, 3.63) is 62.4 Å². The molecule has 29 heavy (non-hydrogen) atoms. The molecule has 0 radical (unpaired) electrons. The summed E-state index contributed by atoms with van der Waals surface area (Å²) in [4.78, 5) is 26.5. The normalized spacial score (nSPS) is 10.6. The maximum atomic E-state index is 12.4. The van der Waals surface area contributed by atoms with Crippen LogP contribution in [0.5, 0.6) is 0 Å². The molecular formula is C21H21N3O4S. The first-order valence-electron chi connectivity index (χ1n) is 8.98. The molecule has 3 heterocycles. The molecule has 0 atom stereocenters. The van der Waals surface area contributed by atoms with Crippen LogP contribution in [0, 0.1) is 39.0 Å². The summed E-state index contributed by atoms with van der Waals surface area (Å²) in [7, 11) is 0. The minimum atomic E-state index is -0.541. The molecule has 3 aromatic rings. The van der Waals surface area contributed by atoms with E-state index in [0.29, 0.717) is 29.2 Å². The lowest BCUT2D eigenvalue weighted by Crippen LogP contribution is -2.23. The van der Waals surface area contributed by atoms with Crippen LogP contribution in [0.3, 0.4) is 0 Å². The van der Waals surface area contributed by atoms with E-state index in [0.717, 1.165) is 21.0 Å². The maximum absolute atomic E-state index is 12.4. The van der Waals surface area contributed by atoms with Gasteiger partial charge in [-0.1, -0.05) is 0 Å². The molecule has 3 rings (SSSR count). The second-order valence-electron chi connectivity index (χ2n) is 6.66. The van der Waals surface area contributed by atoms with Gasteiger partial charge in [-0.3, -0.25) is 4.79 Å². The Hall–Kier alpha value is -3.31. The number of carbonyl (C=O) groups is 2. The van der Waals surface area contributed by atoms with Crippen LogP contribution in [0.4, 0.5) is 5.82 Å². The number of nitriles is 1. The highest BCUT2D eigenvalue weighted by Gasteiger charge is 2.21. The van der Waals surface area contributed by atoms with Gasteiger partial charge in [0.1, 0.15) is 17.6 Å². The van der Waals surface area contributed by atoms with Gasteiger partial charge in [-0.05, 0) is 51.5 Å². The summed E-state index contributed by atoms with van der Waals surface area (Å²) in [6, 6.07) is 7.48. The van der Waals surface area contributed by atoms with E-state index in [1.54, 1.807) is 23.0 Å². The Balaban J connectivity index is 1.75. The first kappa shape index (κ1) is 20.4. The lowest BCUT2D eigenvalue weighted by molar-refractivity contribution is -0.119. The molecule has 7 nitrogen and oxygen atoms in total. The Morgan fingerprint density at radius 1 is 1.31 bits per heavy atom. The number of esters is 1. The second-order valence-corrected chi connectivity index (χ2v) is 8.12. The molecule has 0 saturated heterocycles. The Morgan fingerprint density at radius 2 is 2.07 bits per heavy atom. The van der Waals surface area contributed by atoms with Gasteiger partial charge in [0, 0.05) is 15.4 Å². The highest BCUT2D eigenvalue weighted by Crippen LogP contribution is 2.27. The molecule has 1 amide bonds. The van der Waals surface area contributed by atoms with Crippen LogP contribution in [-0.2, 0) is 16.1 Å². The molecule has 8 heteroatoms. The van der Waals surface area contributed by atoms with E-state index in [4.69, 9.17) is 9.15 Å². The number of amides is 1. The summed E-state index contributed by atoms with van der Waals surface area (Å²) in [5.74, 6) is -0.00110. The quantitative estimate of drug-likeness (QED) is 0.616. The molecule has 0 bridgehead atoms. The molecule has 0 aliphatic rings. The third-order valence-corrected chi connectivity index (χ3v) is 5.65. The molecule has 150 valence electrons. The van der Waals surface area contributed by atoms with Crippen molar-refractivity contribution >= 4 is 29.0 Å². The molecule has 0 fully saturated rings. The Morgan fingerprint density at radius 3 is 2.66 bits per heavy atom. The third-order valence-electron chi connectivity index (χ3n) is 4.69. The largest absolute Gasteiger partial charge is 0.467 e. The van der Waals surface area contributed by atoms with Crippen LogP contribution in [-0.4, -0.2) is 23.1 Å². The van der Waals surface area contributed by atoms with E-state index < -0.39 is 18.5 Å². The topological polar surface area (TPSA) is 97.3 Å². The number of anilines is 1. The number of aromatic nitrogens is 1. The summed E-state index contributed by atoms with van der Waals surface area (Å²) in [6.07, 6.45) is 1.57. The molecule has 0 saturated carbocycles. The fraction of sp³-hybridized carbons (Fsp3) is 0.286. The fourth-order valence-electron chi connectivity index (χ4n) is 3.10. The van der Waals surface area contributed by atoms with Crippen molar-refractivity contribution in [2.24, 2.45) is 0 Å². The van der Waals surface area contributed by atoms with Crippen molar-refractivity contribution < 1.29 is 18.7 Å². The predicted octanol–water partition coefficient (Wildman–Crippen LogP) is 4.09. The zero-order valence-corrected chi connectivity index (χ0v) is 17.5. The summed E-state index contributed by atoms with van der Waals surface area (Å²) < 4.78 is 12.4. The molecule has 0 spiro atoms. The highest BCUT2D eigenvalue weighted by molar-refractivity contribution is 7.12. The van der Waals surface area contributed by atoms with Gasteiger partial charge in [-0.15, -0.1) is 11.3 Å². The van der Waals surface area contributed by atoms with Gasteiger partial charge in [0.25, 0.3) is 5.91 Å². The molecule has 3 aromatic heterocycles. The van der Waals surface area contributed by atoms with Crippen LogP contribution < -0.4 is 5.32 Å². The van der Waals surface area contributed by atoms with Gasteiger partial charge in [0.05, 0.1) is 23.9 Å². The maximum Gasteiger partial charge on any atom is 0.339 e. The van der Waals surface area contributed by atoms with Crippen molar-refractivity contribution in [1.82, 2.24) is 4.57 Å².